The lowest BCUT2D eigenvalue weighted by molar-refractivity contribution is -0.115. The molecule has 0 saturated carbocycles. The van der Waals surface area contributed by atoms with Crippen molar-refractivity contribution in [2.24, 2.45) is 0 Å². The van der Waals surface area contributed by atoms with Gasteiger partial charge in [0.05, 0.1) is 6.54 Å². The molecule has 0 radical (unpaired) electrons. The van der Waals surface area contributed by atoms with Crippen LogP contribution in [-0.4, -0.2) is 18.4 Å². The van der Waals surface area contributed by atoms with E-state index in [1.165, 1.54) is 25.1 Å². The number of rotatable bonds is 5. The van der Waals surface area contributed by atoms with Gasteiger partial charge in [0.1, 0.15) is 5.82 Å². The Hall–Kier alpha value is -2.89. The molecule has 114 valence electrons. The summed E-state index contributed by atoms with van der Waals surface area (Å²) in [5.74, 6) is -0.828. The first-order valence-electron chi connectivity index (χ1n) is 6.70. The fourth-order valence-corrected chi connectivity index (χ4v) is 1.83. The zero-order chi connectivity index (χ0) is 15.9. The van der Waals surface area contributed by atoms with Crippen molar-refractivity contribution in [1.29, 1.82) is 0 Å². The zero-order valence-electron chi connectivity index (χ0n) is 12.0. The van der Waals surface area contributed by atoms with E-state index < -0.39 is 5.82 Å². The van der Waals surface area contributed by atoms with Gasteiger partial charge in [0.25, 0.3) is 0 Å². The number of carbonyl (C=O) groups excluding carboxylic acids is 2. The highest BCUT2D eigenvalue weighted by Gasteiger charge is 2.03. The Morgan fingerprint density at radius 1 is 0.955 bits per heavy atom. The standard InChI is InChI=1S/C16H16FN3O2/c1-11(21)19-14-7-5-13(6-8-14)18-10-16(22)20-15-4-2-3-12(17)9-15/h2-9,18H,10H2,1H3,(H,19,21)(H,20,22). The third-order valence-electron chi connectivity index (χ3n) is 2.77. The minimum atomic E-state index is -0.403. The molecule has 0 heterocycles. The SMILES string of the molecule is CC(=O)Nc1ccc(NCC(=O)Nc2cccc(F)c2)cc1. The third-order valence-corrected chi connectivity index (χ3v) is 2.77. The molecule has 0 aliphatic heterocycles. The Morgan fingerprint density at radius 3 is 2.27 bits per heavy atom. The number of benzene rings is 2. The Kier molecular flexibility index (Phi) is 5.08. The number of hydrogen-bond acceptors (Lipinski definition) is 3. The van der Waals surface area contributed by atoms with Crippen LogP contribution in [0.15, 0.2) is 48.5 Å². The number of hydrogen-bond donors (Lipinski definition) is 3. The average Bonchev–Trinajstić information content (AvgIpc) is 2.46. The van der Waals surface area contributed by atoms with Gasteiger partial charge in [-0.3, -0.25) is 9.59 Å². The number of halogens is 1. The van der Waals surface area contributed by atoms with E-state index in [0.717, 1.165) is 5.69 Å². The van der Waals surface area contributed by atoms with Crippen LogP contribution in [0.1, 0.15) is 6.92 Å². The van der Waals surface area contributed by atoms with E-state index in [1.54, 1.807) is 30.3 Å². The predicted molar refractivity (Wildman–Crippen MR) is 84.3 cm³/mol. The van der Waals surface area contributed by atoms with Crippen molar-refractivity contribution in [2.45, 2.75) is 6.92 Å². The lowest BCUT2D eigenvalue weighted by Gasteiger charge is -2.09. The molecule has 0 saturated heterocycles. The predicted octanol–water partition coefficient (Wildman–Crippen LogP) is 2.83. The fourth-order valence-electron chi connectivity index (χ4n) is 1.83. The molecule has 0 bridgehead atoms. The smallest absolute Gasteiger partial charge is 0.243 e. The highest BCUT2D eigenvalue weighted by molar-refractivity contribution is 5.93. The summed E-state index contributed by atoms with van der Waals surface area (Å²) in [7, 11) is 0. The molecule has 0 fully saturated rings. The second-order valence-corrected chi connectivity index (χ2v) is 4.67. The lowest BCUT2D eigenvalue weighted by Crippen LogP contribution is -2.21. The first kappa shape index (κ1) is 15.5. The summed E-state index contributed by atoms with van der Waals surface area (Å²) in [5, 5.41) is 8.19. The summed E-state index contributed by atoms with van der Waals surface area (Å²) in [6.07, 6.45) is 0. The van der Waals surface area contributed by atoms with Crippen molar-refractivity contribution < 1.29 is 14.0 Å². The highest BCUT2D eigenvalue weighted by Crippen LogP contribution is 2.13. The third kappa shape index (κ3) is 4.90. The maximum atomic E-state index is 13.0. The Bertz CT molecular complexity index is 671. The number of amides is 2. The monoisotopic (exact) mass is 301 g/mol. The quantitative estimate of drug-likeness (QED) is 0.795. The summed E-state index contributed by atoms with van der Waals surface area (Å²) in [6, 6.07) is 12.7. The number of nitrogens with one attached hydrogen (secondary N) is 3. The van der Waals surface area contributed by atoms with E-state index in [1.807, 2.05) is 0 Å². The molecule has 3 N–H and O–H groups in total. The van der Waals surface area contributed by atoms with Crippen LogP contribution in [0.25, 0.3) is 0 Å². The molecule has 2 amide bonds. The van der Waals surface area contributed by atoms with Crippen LogP contribution >= 0.6 is 0 Å². The maximum absolute atomic E-state index is 13.0. The minimum absolute atomic E-state index is 0.0516. The fraction of sp³-hybridized carbons (Fsp3) is 0.125. The second kappa shape index (κ2) is 7.21. The molecule has 0 aliphatic rings. The van der Waals surface area contributed by atoms with Crippen LogP contribution in [0.2, 0.25) is 0 Å². The maximum Gasteiger partial charge on any atom is 0.243 e. The van der Waals surface area contributed by atoms with Crippen molar-refractivity contribution >= 4 is 28.9 Å². The van der Waals surface area contributed by atoms with E-state index in [9.17, 15) is 14.0 Å². The summed E-state index contributed by atoms with van der Waals surface area (Å²) in [6.45, 7) is 1.49. The van der Waals surface area contributed by atoms with E-state index in [0.29, 0.717) is 11.4 Å². The van der Waals surface area contributed by atoms with Gasteiger partial charge in [0, 0.05) is 24.0 Å². The van der Waals surface area contributed by atoms with E-state index in [-0.39, 0.29) is 18.4 Å². The molecule has 0 spiro atoms. The molecule has 2 aromatic rings. The van der Waals surface area contributed by atoms with Crippen molar-refractivity contribution in [3.8, 4) is 0 Å². The molecule has 5 nitrogen and oxygen atoms in total. The topological polar surface area (TPSA) is 70.2 Å². The molecular formula is C16H16FN3O2. The first-order valence-corrected chi connectivity index (χ1v) is 6.70. The van der Waals surface area contributed by atoms with Gasteiger partial charge in [0.15, 0.2) is 0 Å². The van der Waals surface area contributed by atoms with Gasteiger partial charge in [-0.05, 0) is 42.5 Å². The molecule has 2 rings (SSSR count). The summed E-state index contributed by atoms with van der Waals surface area (Å²) >= 11 is 0. The molecular weight excluding hydrogens is 285 g/mol. The van der Waals surface area contributed by atoms with Gasteiger partial charge in [-0.15, -0.1) is 0 Å². The van der Waals surface area contributed by atoms with Crippen molar-refractivity contribution in [3.63, 3.8) is 0 Å². The van der Waals surface area contributed by atoms with Crippen LogP contribution in [0, 0.1) is 5.82 Å². The second-order valence-electron chi connectivity index (χ2n) is 4.67. The van der Waals surface area contributed by atoms with Gasteiger partial charge in [-0.25, -0.2) is 4.39 Å². The molecule has 6 heteroatoms. The van der Waals surface area contributed by atoms with Crippen molar-refractivity contribution in [3.05, 3.63) is 54.3 Å². The van der Waals surface area contributed by atoms with Crippen LogP contribution in [0.4, 0.5) is 21.5 Å². The van der Waals surface area contributed by atoms with Crippen molar-refractivity contribution in [1.82, 2.24) is 0 Å². The van der Waals surface area contributed by atoms with E-state index in [2.05, 4.69) is 16.0 Å². The van der Waals surface area contributed by atoms with Crippen LogP contribution in [0.3, 0.4) is 0 Å². The molecule has 0 aromatic heterocycles. The zero-order valence-corrected chi connectivity index (χ0v) is 12.0. The highest BCUT2D eigenvalue weighted by atomic mass is 19.1. The van der Waals surface area contributed by atoms with E-state index in [4.69, 9.17) is 0 Å². The summed E-state index contributed by atoms with van der Waals surface area (Å²) in [4.78, 5) is 22.7. The van der Waals surface area contributed by atoms with Gasteiger partial charge in [-0.1, -0.05) is 6.07 Å². The van der Waals surface area contributed by atoms with Crippen LogP contribution < -0.4 is 16.0 Å². The van der Waals surface area contributed by atoms with Gasteiger partial charge >= 0.3 is 0 Å². The van der Waals surface area contributed by atoms with Gasteiger partial charge in [-0.2, -0.15) is 0 Å². The lowest BCUT2D eigenvalue weighted by atomic mass is 10.2. The minimum Gasteiger partial charge on any atom is -0.376 e. The average molecular weight is 301 g/mol. The first-order chi connectivity index (χ1) is 10.5. The van der Waals surface area contributed by atoms with E-state index >= 15 is 0 Å². The summed E-state index contributed by atoms with van der Waals surface area (Å²) < 4.78 is 13.0. The molecule has 0 atom stereocenters. The molecule has 0 unspecified atom stereocenters. The Labute approximate surface area is 127 Å². The van der Waals surface area contributed by atoms with Crippen LogP contribution in [-0.2, 0) is 9.59 Å². The number of anilines is 3. The normalized spacial score (nSPS) is 9.91. The van der Waals surface area contributed by atoms with Gasteiger partial charge in [0.2, 0.25) is 11.8 Å². The molecule has 22 heavy (non-hydrogen) atoms. The molecule has 0 aliphatic carbocycles. The molecule has 2 aromatic carbocycles. The number of carbonyl (C=O) groups is 2. The summed E-state index contributed by atoms with van der Waals surface area (Å²) in [5.41, 5.74) is 1.83. The van der Waals surface area contributed by atoms with Crippen LogP contribution in [0.5, 0.6) is 0 Å². The Morgan fingerprint density at radius 2 is 1.64 bits per heavy atom. The van der Waals surface area contributed by atoms with Gasteiger partial charge < -0.3 is 16.0 Å². The Balaban J connectivity index is 1.84. The largest absolute Gasteiger partial charge is 0.376 e. The van der Waals surface area contributed by atoms with Crippen molar-refractivity contribution in [2.75, 3.05) is 22.5 Å².